The second kappa shape index (κ2) is 11.0. The molecule has 23 heavy (non-hydrogen) atoms. The van der Waals surface area contributed by atoms with E-state index in [0.29, 0.717) is 26.1 Å². The lowest BCUT2D eigenvalue weighted by Gasteiger charge is -2.35. The fraction of sp³-hybridized carbons (Fsp3) is 0.571. The summed E-state index contributed by atoms with van der Waals surface area (Å²) in [5, 5.41) is 0. The molecule has 1 aliphatic heterocycles. The molecule has 132 valence electrons. The van der Waals surface area contributed by atoms with Gasteiger partial charge in [0.25, 0.3) is 0 Å². The van der Waals surface area contributed by atoms with Crippen molar-refractivity contribution in [2.75, 3.05) is 44.7 Å². The van der Waals surface area contributed by atoms with Gasteiger partial charge in [0, 0.05) is 50.5 Å². The van der Waals surface area contributed by atoms with Gasteiger partial charge >= 0.3 is 0 Å². The molecule has 1 aromatic heterocycles. The summed E-state index contributed by atoms with van der Waals surface area (Å²) >= 11 is 3.38. The molecule has 1 fully saturated rings. The molecule has 1 aliphatic rings. The number of piperazine rings is 1. The molecule has 1 unspecified atom stereocenters. The molecule has 1 atom stereocenters. The topological polar surface area (TPSA) is 71.7 Å². The summed E-state index contributed by atoms with van der Waals surface area (Å²) in [7, 11) is 1.59. The Morgan fingerprint density at radius 2 is 2.00 bits per heavy atom. The van der Waals surface area contributed by atoms with Gasteiger partial charge in [-0.3, -0.25) is 4.79 Å². The molecule has 0 radical (unpaired) electrons. The van der Waals surface area contributed by atoms with Gasteiger partial charge in [0.05, 0.1) is 12.5 Å². The van der Waals surface area contributed by atoms with Crippen molar-refractivity contribution < 1.29 is 9.53 Å². The van der Waals surface area contributed by atoms with Crippen molar-refractivity contribution >= 4 is 52.5 Å². The molecule has 0 spiro atoms. The van der Waals surface area contributed by atoms with Gasteiger partial charge in [0.2, 0.25) is 5.91 Å². The van der Waals surface area contributed by atoms with Crippen LogP contribution in [0.4, 0.5) is 5.82 Å². The van der Waals surface area contributed by atoms with Crippen LogP contribution < -0.4 is 10.6 Å². The fourth-order valence-electron chi connectivity index (χ4n) is 2.33. The van der Waals surface area contributed by atoms with Crippen LogP contribution in [0.15, 0.2) is 22.8 Å². The maximum Gasteiger partial charge on any atom is 0.225 e. The van der Waals surface area contributed by atoms with Crippen LogP contribution in [0, 0.1) is 0 Å². The normalized spacial score (nSPS) is 15.4. The summed E-state index contributed by atoms with van der Waals surface area (Å²) in [5.74, 6) is 1.05. The zero-order valence-corrected chi connectivity index (χ0v) is 16.2. The van der Waals surface area contributed by atoms with Gasteiger partial charge in [-0.1, -0.05) is 0 Å². The molecule has 0 aromatic carbocycles. The van der Waals surface area contributed by atoms with E-state index in [2.05, 4.69) is 25.8 Å². The number of carbonyl (C=O) groups is 1. The number of halogens is 3. The molecule has 0 bridgehead atoms. The highest BCUT2D eigenvalue weighted by molar-refractivity contribution is 9.10. The molecule has 1 amide bonds. The first-order valence-electron chi connectivity index (χ1n) is 7.01. The van der Waals surface area contributed by atoms with Crippen LogP contribution in [-0.4, -0.2) is 61.7 Å². The van der Waals surface area contributed by atoms with Gasteiger partial charge < -0.3 is 20.3 Å². The van der Waals surface area contributed by atoms with Crippen LogP contribution >= 0.6 is 40.7 Å². The van der Waals surface area contributed by atoms with Crippen molar-refractivity contribution in [3.05, 3.63) is 22.8 Å². The van der Waals surface area contributed by atoms with Crippen LogP contribution in [0.25, 0.3) is 0 Å². The Morgan fingerprint density at radius 1 is 1.35 bits per heavy atom. The van der Waals surface area contributed by atoms with Crippen molar-refractivity contribution in [1.29, 1.82) is 0 Å². The van der Waals surface area contributed by atoms with E-state index in [1.165, 1.54) is 0 Å². The number of rotatable bonds is 5. The first-order valence-corrected chi connectivity index (χ1v) is 7.80. The van der Waals surface area contributed by atoms with E-state index in [0.717, 1.165) is 23.4 Å². The Kier molecular flexibility index (Phi) is 10.8. The highest BCUT2D eigenvalue weighted by atomic mass is 79.9. The summed E-state index contributed by atoms with van der Waals surface area (Å²) in [6.45, 7) is 3.36. The zero-order valence-electron chi connectivity index (χ0n) is 13.0. The second-order valence-corrected chi connectivity index (χ2v) is 5.92. The Hall–Kier alpha value is -0.600. The summed E-state index contributed by atoms with van der Waals surface area (Å²) in [6, 6.07) is 3.96. The molecule has 1 saturated heterocycles. The number of anilines is 1. The molecular formula is C14H23BrCl2N4O2. The van der Waals surface area contributed by atoms with Crippen molar-refractivity contribution in [3.63, 3.8) is 0 Å². The quantitative estimate of drug-likeness (QED) is 0.771. The van der Waals surface area contributed by atoms with Gasteiger partial charge in [-0.25, -0.2) is 4.98 Å². The Morgan fingerprint density at radius 3 is 2.48 bits per heavy atom. The highest BCUT2D eigenvalue weighted by Crippen LogP contribution is 2.17. The van der Waals surface area contributed by atoms with Crippen molar-refractivity contribution in [2.45, 2.75) is 12.5 Å². The minimum Gasteiger partial charge on any atom is -0.380 e. The lowest BCUT2D eigenvalue weighted by Crippen LogP contribution is -2.49. The van der Waals surface area contributed by atoms with Crippen molar-refractivity contribution in [2.24, 2.45) is 5.73 Å². The number of pyridine rings is 1. The van der Waals surface area contributed by atoms with E-state index in [4.69, 9.17) is 10.5 Å². The van der Waals surface area contributed by atoms with Crippen LogP contribution in [-0.2, 0) is 9.53 Å². The summed E-state index contributed by atoms with van der Waals surface area (Å²) < 4.78 is 6.13. The van der Waals surface area contributed by atoms with E-state index in [-0.39, 0.29) is 36.8 Å². The molecule has 6 nitrogen and oxygen atoms in total. The van der Waals surface area contributed by atoms with Crippen LogP contribution in [0.3, 0.4) is 0 Å². The summed E-state index contributed by atoms with van der Waals surface area (Å²) in [4.78, 5) is 20.6. The second-order valence-electron chi connectivity index (χ2n) is 5.00. The fourth-order valence-corrected chi connectivity index (χ4v) is 2.56. The predicted molar refractivity (Wildman–Crippen MR) is 99.7 cm³/mol. The lowest BCUT2D eigenvalue weighted by atomic mass is 10.2. The van der Waals surface area contributed by atoms with Gasteiger partial charge in [-0.05, 0) is 28.1 Å². The third-order valence-corrected chi connectivity index (χ3v) is 4.14. The third-order valence-electron chi connectivity index (χ3n) is 3.67. The average molecular weight is 430 g/mol. The third kappa shape index (κ3) is 6.43. The van der Waals surface area contributed by atoms with Gasteiger partial charge in [0.15, 0.2) is 0 Å². The molecule has 9 heteroatoms. The maximum absolute atomic E-state index is 12.2. The Labute approximate surface area is 157 Å². The van der Waals surface area contributed by atoms with Crippen LogP contribution in [0.5, 0.6) is 0 Å². The largest absolute Gasteiger partial charge is 0.380 e. The Bertz CT molecular complexity index is 466. The van der Waals surface area contributed by atoms with E-state index in [9.17, 15) is 4.79 Å². The highest BCUT2D eigenvalue weighted by Gasteiger charge is 2.23. The minimum atomic E-state index is -0.191. The number of ether oxygens (including phenoxy) is 1. The number of hydrogen-bond donors (Lipinski definition) is 1. The zero-order chi connectivity index (χ0) is 15.2. The number of amides is 1. The maximum atomic E-state index is 12.2. The monoisotopic (exact) mass is 428 g/mol. The van der Waals surface area contributed by atoms with Crippen molar-refractivity contribution in [3.8, 4) is 0 Å². The van der Waals surface area contributed by atoms with E-state index < -0.39 is 0 Å². The first-order chi connectivity index (χ1) is 10.1. The number of methoxy groups -OCH3 is 1. The summed E-state index contributed by atoms with van der Waals surface area (Å²) in [5.41, 5.74) is 5.56. The Balaban J connectivity index is 0.00000242. The van der Waals surface area contributed by atoms with E-state index in [1.807, 2.05) is 17.0 Å². The predicted octanol–water partition coefficient (Wildman–Crippen LogP) is 1.70. The van der Waals surface area contributed by atoms with E-state index in [1.54, 1.807) is 13.3 Å². The molecule has 2 heterocycles. The number of nitrogens with zero attached hydrogens (tertiary/aromatic N) is 3. The number of nitrogens with two attached hydrogens (primary N) is 1. The van der Waals surface area contributed by atoms with Crippen molar-refractivity contribution in [1.82, 2.24) is 9.88 Å². The van der Waals surface area contributed by atoms with Gasteiger partial charge in [0.1, 0.15) is 5.82 Å². The lowest BCUT2D eigenvalue weighted by molar-refractivity contribution is -0.133. The first kappa shape index (κ1) is 22.4. The summed E-state index contributed by atoms with van der Waals surface area (Å²) in [6.07, 6.45) is 1.95. The molecule has 2 N–H and O–H groups in total. The molecule has 2 rings (SSSR count). The number of hydrogen-bond acceptors (Lipinski definition) is 5. The minimum absolute atomic E-state index is 0. The number of aromatic nitrogens is 1. The molecule has 1 aromatic rings. The van der Waals surface area contributed by atoms with E-state index >= 15 is 0 Å². The molecule has 0 saturated carbocycles. The van der Waals surface area contributed by atoms with Gasteiger partial charge in [-0.15, -0.1) is 24.8 Å². The van der Waals surface area contributed by atoms with Crippen LogP contribution in [0.2, 0.25) is 0 Å². The number of carbonyl (C=O) groups excluding carboxylic acids is 1. The molecular weight excluding hydrogens is 407 g/mol. The van der Waals surface area contributed by atoms with Crippen LogP contribution in [0.1, 0.15) is 6.42 Å². The average Bonchev–Trinajstić information content (AvgIpc) is 2.53. The standard InChI is InChI=1S/C14H21BrN4O2.2ClH/c1-21-12(9-16)8-14(20)19-6-4-18(5-7-19)13-3-2-11(15)10-17-13;;/h2-3,10,12H,4-9,16H2,1H3;2*1H. The smallest absolute Gasteiger partial charge is 0.225 e. The SMILES string of the molecule is COC(CN)CC(=O)N1CCN(c2ccc(Br)cn2)CC1.Cl.Cl. The van der Waals surface area contributed by atoms with Gasteiger partial charge in [-0.2, -0.15) is 0 Å². The molecule has 0 aliphatic carbocycles.